The van der Waals surface area contributed by atoms with Crippen LogP contribution in [0.5, 0.6) is 5.75 Å². The molecular formula is C21H26N2O6S2. The Hall–Kier alpha value is -2.43. The first kappa shape index (κ1) is 23.2. The number of carbonyl (C=O) groups is 2. The highest BCUT2D eigenvalue weighted by atomic mass is 32.2. The Morgan fingerprint density at radius 3 is 2.52 bits per heavy atom. The van der Waals surface area contributed by atoms with Crippen LogP contribution in [0.3, 0.4) is 0 Å². The monoisotopic (exact) mass is 466 g/mol. The van der Waals surface area contributed by atoms with Gasteiger partial charge in [-0.3, -0.25) is 4.79 Å². The molecule has 2 aromatic rings. The summed E-state index contributed by atoms with van der Waals surface area (Å²) in [4.78, 5) is 26.1. The van der Waals surface area contributed by atoms with Gasteiger partial charge in [-0.15, -0.1) is 11.3 Å². The molecule has 0 radical (unpaired) electrons. The van der Waals surface area contributed by atoms with Gasteiger partial charge in [-0.1, -0.05) is 0 Å². The average Bonchev–Trinajstić information content (AvgIpc) is 3.11. The van der Waals surface area contributed by atoms with Gasteiger partial charge in [0.05, 0.1) is 24.2 Å². The number of aryl methyl sites for hydroxylation is 1. The Balaban J connectivity index is 1.63. The summed E-state index contributed by atoms with van der Waals surface area (Å²) >= 11 is 1.40. The zero-order valence-electron chi connectivity index (χ0n) is 17.5. The van der Waals surface area contributed by atoms with Gasteiger partial charge in [0, 0.05) is 17.8 Å². The van der Waals surface area contributed by atoms with Crippen molar-refractivity contribution in [3.05, 3.63) is 40.3 Å². The third kappa shape index (κ3) is 5.63. The van der Waals surface area contributed by atoms with Crippen LogP contribution < -0.4 is 14.8 Å². The van der Waals surface area contributed by atoms with E-state index in [4.69, 9.17) is 9.47 Å². The minimum Gasteiger partial charge on any atom is -0.497 e. The molecule has 0 saturated heterocycles. The highest BCUT2D eigenvalue weighted by Crippen LogP contribution is 2.38. The van der Waals surface area contributed by atoms with Gasteiger partial charge in [-0.2, -0.15) is 0 Å². The molecular weight excluding hydrogens is 440 g/mol. The van der Waals surface area contributed by atoms with Crippen LogP contribution in [0.25, 0.3) is 0 Å². The van der Waals surface area contributed by atoms with Crippen LogP contribution in [0, 0.1) is 0 Å². The van der Waals surface area contributed by atoms with Crippen molar-refractivity contribution in [3.8, 4) is 5.75 Å². The molecule has 0 aliphatic heterocycles. The van der Waals surface area contributed by atoms with Gasteiger partial charge in [0.2, 0.25) is 15.9 Å². The minimum atomic E-state index is -3.74. The number of methoxy groups -OCH3 is 1. The predicted octanol–water partition coefficient (Wildman–Crippen LogP) is 3.12. The van der Waals surface area contributed by atoms with Crippen LogP contribution >= 0.6 is 11.3 Å². The molecule has 0 unspecified atom stereocenters. The molecule has 0 bridgehead atoms. The number of rotatable bonds is 9. The smallest absolute Gasteiger partial charge is 0.341 e. The number of esters is 1. The number of amides is 1. The molecule has 10 heteroatoms. The average molecular weight is 467 g/mol. The Morgan fingerprint density at radius 2 is 1.84 bits per heavy atom. The lowest BCUT2D eigenvalue weighted by atomic mass is 9.95. The summed E-state index contributed by atoms with van der Waals surface area (Å²) in [5.41, 5.74) is 1.40. The van der Waals surface area contributed by atoms with E-state index < -0.39 is 16.0 Å². The molecule has 3 rings (SSSR count). The van der Waals surface area contributed by atoms with Crippen LogP contribution in [0.2, 0.25) is 0 Å². The van der Waals surface area contributed by atoms with Gasteiger partial charge in [-0.05, 0) is 62.4 Å². The lowest BCUT2D eigenvalue weighted by Crippen LogP contribution is -2.28. The fraction of sp³-hybridized carbons (Fsp3) is 0.429. The molecule has 168 valence electrons. The first-order valence-electron chi connectivity index (χ1n) is 10.1. The standard InChI is InChI=1S/C21H26N2O6S2/c1-3-29-21(25)19-16-6-4-5-7-17(16)30-20(19)23-18(24)12-13-22-31(26,27)15-10-8-14(28-2)9-11-15/h8-11,22H,3-7,12-13H2,1-2H3,(H,23,24). The van der Waals surface area contributed by atoms with Crippen molar-refractivity contribution in [2.45, 2.75) is 43.9 Å². The molecule has 2 N–H and O–H groups in total. The Kier molecular flexibility index (Phi) is 7.69. The highest BCUT2D eigenvalue weighted by molar-refractivity contribution is 7.89. The van der Waals surface area contributed by atoms with Gasteiger partial charge in [0.1, 0.15) is 10.8 Å². The van der Waals surface area contributed by atoms with E-state index in [1.54, 1.807) is 19.1 Å². The fourth-order valence-electron chi connectivity index (χ4n) is 3.40. The fourth-order valence-corrected chi connectivity index (χ4v) is 5.72. The summed E-state index contributed by atoms with van der Waals surface area (Å²) in [7, 11) is -2.24. The maximum absolute atomic E-state index is 12.5. The van der Waals surface area contributed by atoms with Crippen molar-refractivity contribution < 1.29 is 27.5 Å². The first-order valence-corrected chi connectivity index (χ1v) is 12.4. The van der Waals surface area contributed by atoms with Crippen LogP contribution in [-0.2, 0) is 32.4 Å². The van der Waals surface area contributed by atoms with Gasteiger partial charge < -0.3 is 14.8 Å². The molecule has 1 heterocycles. The maximum atomic E-state index is 12.5. The lowest BCUT2D eigenvalue weighted by Gasteiger charge is -2.12. The molecule has 1 aliphatic rings. The van der Waals surface area contributed by atoms with Crippen molar-refractivity contribution in [1.29, 1.82) is 0 Å². The number of sulfonamides is 1. The lowest BCUT2D eigenvalue weighted by molar-refractivity contribution is -0.116. The van der Waals surface area contributed by atoms with E-state index in [2.05, 4.69) is 10.0 Å². The van der Waals surface area contributed by atoms with E-state index in [1.165, 1.54) is 30.6 Å². The number of benzene rings is 1. The summed E-state index contributed by atoms with van der Waals surface area (Å²) in [5, 5.41) is 3.26. The zero-order chi connectivity index (χ0) is 22.4. The van der Waals surface area contributed by atoms with E-state index in [-0.39, 0.29) is 30.4 Å². The van der Waals surface area contributed by atoms with Crippen molar-refractivity contribution in [1.82, 2.24) is 4.72 Å². The first-order chi connectivity index (χ1) is 14.9. The molecule has 1 amide bonds. The predicted molar refractivity (Wildman–Crippen MR) is 118 cm³/mol. The molecule has 31 heavy (non-hydrogen) atoms. The van der Waals surface area contributed by atoms with Crippen molar-refractivity contribution in [2.24, 2.45) is 0 Å². The largest absolute Gasteiger partial charge is 0.497 e. The van der Waals surface area contributed by atoms with Crippen molar-refractivity contribution in [2.75, 3.05) is 25.6 Å². The number of nitrogens with one attached hydrogen (secondary N) is 2. The number of fused-ring (bicyclic) bond motifs is 1. The van der Waals surface area contributed by atoms with Crippen molar-refractivity contribution >= 4 is 38.2 Å². The molecule has 0 spiro atoms. The summed E-state index contributed by atoms with van der Waals surface area (Å²) < 4.78 is 37.4. The maximum Gasteiger partial charge on any atom is 0.341 e. The number of hydrogen-bond donors (Lipinski definition) is 2. The summed E-state index contributed by atoms with van der Waals surface area (Å²) in [6, 6.07) is 5.97. The summed E-state index contributed by atoms with van der Waals surface area (Å²) in [5.74, 6) is -0.256. The molecule has 1 aliphatic carbocycles. The number of anilines is 1. The quantitative estimate of drug-likeness (QED) is 0.550. The van der Waals surface area contributed by atoms with Crippen LogP contribution in [-0.4, -0.2) is 40.6 Å². The highest BCUT2D eigenvalue weighted by Gasteiger charge is 2.27. The zero-order valence-corrected chi connectivity index (χ0v) is 19.2. The molecule has 1 aromatic heterocycles. The number of ether oxygens (including phenoxy) is 2. The third-order valence-electron chi connectivity index (χ3n) is 4.92. The third-order valence-corrected chi connectivity index (χ3v) is 7.60. The van der Waals surface area contributed by atoms with Crippen LogP contribution in [0.15, 0.2) is 29.2 Å². The Morgan fingerprint density at radius 1 is 1.13 bits per heavy atom. The van der Waals surface area contributed by atoms with Gasteiger partial charge >= 0.3 is 5.97 Å². The van der Waals surface area contributed by atoms with Crippen molar-refractivity contribution in [3.63, 3.8) is 0 Å². The minimum absolute atomic E-state index is 0.0692. The van der Waals surface area contributed by atoms with E-state index >= 15 is 0 Å². The second-order valence-electron chi connectivity index (χ2n) is 7.01. The van der Waals surface area contributed by atoms with Gasteiger partial charge in [0.25, 0.3) is 0 Å². The number of hydrogen-bond acceptors (Lipinski definition) is 7. The van der Waals surface area contributed by atoms with E-state index in [9.17, 15) is 18.0 Å². The topological polar surface area (TPSA) is 111 Å². The number of thiophene rings is 1. The SMILES string of the molecule is CCOC(=O)c1c(NC(=O)CCNS(=O)(=O)c2ccc(OC)cc2)sc2c1CCCC2. The second kappa shape index (κ2) is 10.3. The molecule has 8 nitrogen and oxygen atoms in total. The van der Waals surface area contributed by atoms with E-state index in [1.807, 2.05) is 0 Å². The van der Waals surface area contributed by atoms with Gasteiger partial charge in [0.15, 0.2) is 0 Å². The molecule has 1 aromatic carbocycles. The summed E-state index contributed by atoms with van der Waals surface area (Å²) in [6.45, 7) is 1.92. The summed E-state index contributed by atoms with van der Waals surface area (Å²) in [6.07, 6.45) is 3.65. The van der Waals surface area contributed by atoms with Crippen LogP contribution in [0.1, 0.15) is 47.0 Å². The van der Waals surface area contributed by atoms with Crippen LogP contribution in [0.4, 0.5) is 5.00 Å². The molecule has 0 saturated carbocycles. The Bertz CT molecular complexity index is 1040. The van der Waals surface area contributed by atoms with Gasteiger partial charge in [-0.25, -0.2) is 17.9 Å². The molecule has 0 atom stereocenters. The van der Waals surface area contributed by atoms with E-state index in [0.717, 1.165) is 36.1 Å². The normalized spacial score (nSPS) is 13.4. The second-order valence-corrected chi connectivity index (χ2v) is 9.88. The van der Waals surface area contributed by atoms with E-state index in [0.29, 0.717) is 16.3 Å². The Labute approximate surface area is 186 Å². The number of carbonyl (C=O) groups excluding carboxylic acids is 2. The molecule has 0 fully saturated rings.